The molecular formula is C24H24S12. The van der Waals surface area contributed by atoms with E-state index in [2.05, 4.69) is 130 Å². The fourth-order valence-corrected chi connectivity index (χ4v) is 42.6. The standard InChI is InChI=1S/C24H24S12/c25-13-7-1-2-4-6-5-3(1)9-16(14(7)26-25)28-30-18(9)20-11(5)22(34-32-20)24-12(6)23(35-36-24)21-10(4)19(31-33-21)17-8(2)15(13)27-29-17/h1-24H. The van der Waals surface area contributed by atoms with Gasteiger partial charge in [-0.15, -0.1) is 0 Å². The molecule has 12 unspecified atom stereocenters. The Labute approximate surface area is 260 Å². The van der Waals surface area contributed by atoms with Gasteiger partial charge in [-0.3, -0.25) is 0 Å². The second-order valence-corrected chi connectivity index (χ2v) is 29.4. The summed E-state index contributed by atoms with van der Waals surface area (Å²) in [6.07, 6.45) is 0. The minimum absolute atomic E-state index is 0.980. The summed E-state index contributed by atoms with van der Waals surface area (Å²) in [5.74, 6) is 13.1. The van der Waals surface area contributed by atoms with Gasteiger partial charge in [-0.1, -0.05) is 130 Å². The fraction of sp³-hybridized carbons (Fsp3) is 1.00. The molecule has 36 heavy (non-hydrogen) atoms. The Morgan fingerprint density at radius 1 is 0.139 bits per heavy atom. The molecule has 0 nitrogen and oxygen atoms in total. The summed E-state index contributed by atoms with van der Waals surface area (Å²) in [6, 6.07) is 0. The van der Waals surface area contributed by atoms with Crippen molar-refractivity contribution in [2.24, 2.45) is 71.0 Å². The lowest BCUT2D eigenvalue weighted by Gasteiger charge is -2.74. The van der Waals surface area contributed by atoms with Crippen LogP contribution in [-0.4, -0.2) is 63.0 Å². The van der Waals surface area contributed by atoms with Gasteiger partial charge < -0.3 is 0 Å². The van der Waals surface area contributed by atoms with Gasteiger partial charge in [0.25, 0.3) is 0 Å². The SMILES string of the molecule is S1SC2C3SSC4C5SSC6C7SSC8C9SSC%10C%11SSC%12C1C2C1C(C%12%11)C(C%109)C(C87)C(C56)C1C34. The van der Waals surface area contributed by atoms with Crippen LogP contribution in [0.25, 0.3) is 0 Å². The molecule has 0 spiro atoms. The predicted octanol–water partition coefficient (Wildman–Crippen LogP) is 8.27. The van der Waals surface area contributed by atoms with E-state index in [-0.39, 0.29) is 0 Å². The van der Waals surface area contributed by atoms with Gasteiger partial charge in [-0.25, -0.2) is 0 Å². The molecule has 0 bridgehead atoms. The Morgan fingerprint density at radius 2 is 0.250 bits per heavy atom. The van der Waals surface area contributed by atoms with E-state index in [0.717, 1.165) is 134 Å². The molecule has 192 valence electrons. The third-order valence-electron chi connectivity index (χ3n) is 13.5. The van der Waals surface area contributed by atoms with Gasteiger partial charge in [0, 0.05) is 63.0 Å². The topological polar surface area (TPSA) is 0 Å². The summed E-state index contributed by atoms with van der Waals surface area (Å²) in [7, 11) is 29.2. The summed E-state index contributed by atoms with van der Waals surface area (Å²) < 4.78 is 0. The average Bonchev–Trinajstić information content (AvgIpc) is 3.70. The molecule has 0 aromatic heterocycles. The second kappa shape index (κ2) is 7.35. The van der Waals surface area contributed by atoms with Gasteiger partial charge in [0.2, 0.25) is 0 Å². The van der Waals surface area contributed by atoms with Gasteiger partial charge in [0.15, 0.2) is 0 Å². The normalized spacial score (nSPS) is 80.0. The van der Waals surface area contributed by atoms with E-state index in [0.29, 0.717) is 0 Å². The lowest BCUT2D eigenvalue weighted by Crippen LogP contribution is -2.77. The number of hydrogen-bond acceptors (Lipinski definition) is 12. The summed E-state index contributed by atoms with van der Waals surface area (Å²) in [5.41, 5.74) is 0. The van der Waals surface area contributed by atoms with Gasteiger partial charge in [0.1, 0.15) is 0 Å². The molecule has 7 aliphatic carbocycles. The minimum atomic E-state index is 0.980. The van der Waals surface area contributed by atoms with Gasteiger partial charge in [-0.2, -0.15) is 0 Å². The first kappa shape index (κ1) is 22.7. The predicted molar refractivity (Wildman–Crippen MR) is 178 cm³/mol. The van der Waals surface area contributed by atoms with Crippen molar-refractivity contribution in [2.75, 3.05) is 0 Å². The second-order valence-electron chi connectivity index (χ2n) is 13.7. The Hall–Kier alpha value is 4.20. The quantitative estimate of drug-likeness (QED) is 0.224. The molecule has 13 rings (SSSR count). The molecule has 6 saturated heterocycles. The lowest BCUT2D eigenvalue weighted by atomic mass is 9.33. The zero-order valence-corrected chi connectivity index (χ0v) is 28.6. The highest BCUT2D eigenvalue weighted by Crippen LogP contribution is 2.87. The smallest absolute Gasteiger partial charge is 0.0324 e. The Morgan fingerprint density at radius 3 is 0.361 bits per heavy atom. The van der Waals surface area contributed by atoms with E-state index in [4.69, 9.17) is 0 Å². The van der Waals surface area contributed by atoms with E-state index in [1.54, 1.807) is 0 Å². The van der Waals surface area contributed by atoms with Crippen molar-refractivity contribution >= 4 is 130 Å². The molecule has 7 saturated carbocycles. The van der Waals surface area contributed by atoms with Crippen LogP contribution in [0.15, 0.2) is 0 Å². The molecule has 0 N–H and O–H groups in total. The molecule has 6 aliphatic heterocycles. The number of hydrogen-bond donors (Lipinski definition) is 0. The van der Waals surface area contributed by atoms with Crippen molar-refractivity contribution in [3.8, 4) is 0 Å². The lowest BCUT2D eigenvalue weighted by molar-refractivity contribution is -0.210. The van der Waals surface area contributed by atoms with E-state index >= 15 is 0 Å². The molecular weight excluding hydrogens is 673 g/mol. The molecule has 0 aromatic carbocycles. The monoisotopic (exact) mass is 696 g/mol. The van der Waals surface area contributed by atoms with Crippen molar-refractivity contribution in [1.82, 2.24) is 0 Å². The zero-order valence-electron chi connectivity index (χ0n) is 18.8. The fourth-order valence-electron chi connectivity index (χ4n) is 13.2. The van der Waals surface area contributed by atoms with Crippen molar-refractivity contribution in [3.05, 3.63) is 0 Å². The van der Waals surface area contributed by atoms with Crippen LogP contribution >= 0.6 is 130 Å². The van der Waals surface area contributed by atoms with Crippen LogP contribution in [0.3, 0.4) is 0 Å². The van der Waals surface area contributed by atoms with Crippen molar-refractivity contribution < 1.29 is 0 Å². The highest BCUT2D eigenvalue weighted by molar-refractivity contribution is 8.82. The van der Waals surface area contributed by atoms with E-state index in [1.807, 2.05) is 0 Å². The largest absolute Gasteiger partial charge is 0.0888 e. The number of rotatable bonds is 0. The molecule has 6 heterocycles. The number of fused-ring (bicyclic) bond motifs is 6. The summed E-state index contributed by atoms with van der Waals surface area (Å²) in [5, 5.41) is 11.8. The van der Waals surface area contributed by atoms with E-state index < -0.39 is 0 Å². The van der Waals surface area contributed by atoms with Gasteiger partial charge in [0.05, 0.1) is 0 Å². The van der Waals surface area contributed by atoms with Crippen LogP contribution in [0.5, 0.6) is 0 Å². The minimum Gasteiger partial charge on any atom is -0.0888 e. The highest BCUT2D eigenvalue weighted by atomic mass is 33.1. The van der Waals surface area contributed by atoms with Crippen LogP contribution in [0.1, 0.15) is 0 Å². The third-order valence-corrected chi connectivity index (χ3v) is 35.2. The molecule has 12 heteroatoms. The van der Waals surface area contributed by atoms with E-state index in [1.165, 1.54) is 0 Å². The first-order valence-corrected chi connectivity index (χ1v) is 27.5. The molecule has 13 fully saturated rings. The third kappa shape index (κ3) is 2.22. The first-order valence-electron chi connectivity index (χ1n) is 13.8. The van der Waals surface area contributed by atoms with Crippen LogP contribution < -0.4 is 0 Å². The molecule has 0 amide bonds. The summed E-state index contributed by atoms with van der Waals surface area (Å²) in [4.78, 5) is 0. The van der Waals surface area contributed by atoms with Crippen LogP contribution in [0.4, 0.5) is 0 Å². The first-order chi connectivity index (χ1) is 17.9. The Kier molecular flexibility index (Phi) is 4.63. The average molecular weight is 697 g/mol. The van der Waals surface area contributed by atoms with Crippen LogP contribution in [-0.2, 0) is 0 Å². The maximum Gasteiger partial charge on any atom is 0.0324 e. The summed E-state index contributed by atoms with van der Waals surface area (Å²) >= 11 is 0. The van der Waals surface area contributed by atoms with Crippen LogP contribution in [0, 0.1) is 71.0 Å². The van der Waals surface area contributed by atoms with Gasteiger partial charge >= 0.3 is 0 Å². The molecule has 0 aromatic rings. The Balaban J connectivity index is 1.12. The molecule has 0 radical (unpaired) electrons. The Bertz CT molecular complexity index is 818. The zero-order chi connectivity index (χ0) is 22.3. The van der Waals surface area contributed by atoms with Crippen molar-refractivity contribution in [3.63, 3.8) is 0 Å². The van der Waals surface area contributed by atoms with Crippen LogP contribution in [0.2, 0.25) is 0 Å². The van der Waals surface area contributed by atoms with Gasteiger partial charge in [-0.05, 0) is 71.0 Å². The molecule has 13 aliphatic rings. The van der Waals surface area contributed by atoms with E-state index in [9.17, 15) is 0 Å². The van der Waals surface area contributed by atoms with Crippen molar-refractivity contribution in [2.45, 2.75) is 63.0 Å². The maximum absolute atomic E-state index is 2.43. The maximum atomic E-state index is 2.43. The highest BCUT2D eigenvalue weighted by Gasteiger charge is 2.83. The molecule has 12 atom stereocenters. The van der Waals surface area contributed by atoms with Crippen molar-refractivity contribution in [1.29, 1.82) is 0 Å². The summed E-state index contributed by atoms with van der Waals surface area (Å²) in [6.45, 7) is 0.